The summed E-state index contributed by atoms with van der Waals surface area (Å²) in [5.41, 5.74) is -0.784. The Morgan fingerprint density at radius 1 is 1.37 bits per heavy atom. The Bertz CT molecular complexity index is 480. The smallest absolute Gasteiger partial charge is 0.254 e. The van der Waals surface area contributed by atoms with Crippen molar-refractivity contribution in [3.8, 4) is 5.75 Å². The quantitative estimate of drug-likeness (QED) is 0.717. The number of phenolic OH excluding ortho intramolecular Hbond substituents is 1. The number of aliphatic hydroxyl groups is 1. The van der Waals surface area contributed by atoms with Crippen LogP contribution in [0.4, 0.5) is 13.2 Å². The molecule has 1 unspecified atom stereocenters. The lowest BCUT2D eigenvalue weighted by atomic mass is 10.1. The molecule has 106 valence electrons. The molecule has 0 fully saturated rings. The number of aromatic hydroxyl groups is 1. The molecule has 0 saturated carbocycles. The Balaban J connectivity index is 3.00. The number of nitrogens with one attached hydrogen (secondary N) is 1. The van der Waals surface area contributed by atoms with E-state index in [4.69, 9.17) is 10.2 Å². The molecule has 3 N–H and O–H groups in total. The highest BCUT2D eigenvalue weighted by Gasteiger charge is 2.23. The first kappa shape index (κ1) is 15.3. The molecular formula is C12H14F3NO3. The summed E-state index contributed by atoms with van der Waals surface area (Å²) in [5.74, 6) is -7.28. The van der Waals surface area contributed by atoms with Crippen LogP contribution < -0.4 is 5.32 Å². The number of amides is 1. The van der Waals surface area contributed by atoms with E-state index in [1.54, 1.807) is 6.92 Å². The van der Waals surface area contributed by atoms with Crippen LogP contribution in [0.25, 0.3) is 0 Å². The van der Waals surface area contributed by atoms with Crippen LogP contribution in [-0.2, 0) is 0 Å². The molecule has 0 aliphatic carbocycles. The number of aliphatic hydroxyl groups excluding tert-OH is 1. The second kappa shape index (κ2) is 6.42. The molecule has 19 heavy (non-hydrogen) atoms. The van der Waals surface area contributed by atoms with Gasteiger partial charge in [0.2, 0.25) is 5.82 Å². The van der Waals surface area contributed by atoms with E-state index >= 15 is 0 Å². The minimum absolute atomic E-state index is 0.176. The Hall–Kier alpha value is -1.76. The van der Waals surface area contributed by atoms with Crippen LogP contribution in [-0.4, -0.2) is 28.8 Å². The van der Waals surface area contributed by atoms with Crippen LogP contribution in [0.2, 0.25) is 0 Å². The van der Waals surface area contributed by atoms with Gasteiger partial charge in [0.25, 0.3) is 5.91 Å². The molecule has 1 rings (SSSR count). The number of hydrogen-bond acceptors (Lipinski definition) is 3. The summed E-state index contributed by atoms with van der Waals surface area (Å²) in [6.45, 7) is 1.56. The zero-order valence-corrected chi connectivity index (χ0v) is 10.2. The maximum atomic E-state index is 13.5. The van der Waals surface area contributed by atoms with Crippen LogP contribution in [0.1, 0.15) is 30.1 Å². The first-order valence-corrected chi connectivity index (χ1v) is 5.70. The van der Waals surface area contributed by atoms with E-state index in [0.29, 0.717) is 12.5 Å². The third-order valence-corrected chi connectivity index (χ3v) is 2.68. The second-order valence-corrected chi connectivity index (χ2v) is 3.97. The third kappa shape index (κ3) is 3.37. The average Bonchev–Trinajstić information content (AvgIpc) is 2.39. The summed E-state index contributed by atoms with van der Waals surface area (Å²) in [5, 5.41) is 20.1. The van der Waals surface area contributed by atoms with E-state index in [1.807, 2.05) is 0 Å². The number of benzene rings is 1. The molecule has 4 nitrogen and oxygen atoms in total. The summed E-state index contributed by atoms with van der Waals surface area (Å²) in [6, 6.07) is -0.0436. The normalized spacial score (nSPS) is 12.3. The summed E-state index contributed by atoms with van der Waals surface area (Å²) >= 11 is 0. The number of hydrogen-bond donors (Lipinski definition) is 3. The van der Waals surface area contributed by atoms with Gasteiger partial charge in [-0.05, 0) is 18.9 Å². The maximum absolute atomic E-state index is 13.5. The van der Waals surface area contributed by atoms with Crippen molar-refractivity contribution in [1.82, 2.24) is 5.32 Å². The zero-order valence-electron chi connectivity index (χ0n) is 10.2. The monoisotopic (exact) mass is 277 g/mol. The highest BCUT2D eigenvalue weighted by molar-refractivity contribution is 5.95. The largest absolute Gasteiger partial charge is 0.503 e. The molecule has 0 heterocycles. The molecule has 7 heteroatoms. The van der Waals surface area contributed by atoms with Gasteiger partial charge in [-0.2, -0.15) is 4.39 Å². The summed E-state index contributed by atoms with van der Waals surface area (Å²) in [6.07, 6.45) is 0.725. The number of halogens is 3. The molecule has 0 aliphatic rings. The Labute approximate surface area is 107 Å². The lowest BCUT2D eigenvalue weighted by Crippen LogP contribution is -2.35. The van der Waals surface area contributed by atoms with Crippen molar-refractivity contribution in [3.63, 3.8) is 0 Å². The van der Waals surface area contributed by atoms with E-state index in [-0.39, 0.29) is 13.0 Å². The lowest BCUT2D eigenvalue weighted by Gasteiger charge is -2.16. The van der Waals surface area contributed by atoms with Gasteiger partial charge < -0.3 is 15.5 Å². The molecule has 0 spiro atoms. The first-order valence-electron chi connectivity index (χ1n) is 5.70. The molecule has 0 radical (unpaired) electrons. The van der Waals surface area contributed by atoms with Crippen molar-refractivity contribution >= 4 is 5.91 Å². The Morgan fingerprint density at radius 2 is 2.00 bits per heavy atom. The van der Waals surface area contributed by atoms with Crippen molar-refractivity contribution in [3.05, 3.63) is 29.1 Å². The standard InChI is InChI=1S/C12H14F3NO3/c1-2-6(3-4-17)16-12(19)7-5-8(13)10(15)11(18)9(7)14/h5-6,17-18H,2-4H2,1H3,(H,16,19). The maximum Gasteiger partial charge on any atom is 0.254 e. The highest BCUT2D eigenvalue weighted by atomic mass is 19.2. The molecule has 0 bridgehead atoms. The SMILES string of the molecule is CCC(CCO)NC(=O)c1cc(F)c(F)c(O)c1F. The van der Waals surface area contributed by atoms with Crippen LogP contribution >= 0.6 is 0 Å². The van der Waals surface area contributed by atoms with Crippen molar-refractivity contribution < 1.29 is 28.2 Å². The van der Waals surface area contributed by atoms with E-state index < -0.39 is 40.7 Å². The van der Waals surface area contributed by atoms with Crippen LogP contribution in [0, 0.1) is 17.5 Å². The fourth-order valence-corrected chi connectivity index (χ4v) is 1.55. The van der Waals surface area contributed by atoms with Gasteiger partial charge in [-0.1, -0.05) is 6.92 Å². The molecule has 0 aromatic heterocycles. The fraction of sp³-hybridized carbons (Fsp3) is 0.417. The second-order valence-electron chi connectivity index (χ2n) is 3.97. The summed E-state index contributed by atoms with van der Waals surface area (Å²) < 4.78 is 39.3. The molecule has 0 aliphatic heterocycles. The van der Waals surface area contributed by atoms with E-state index in [0.717, 1.165) is 0 Å². The van der Waals surface area contributed by atoms with Gasteiger partial charge in [-0.15, -0.1) is 0 Å². The highest BCUT2D eigenvalue weighted by Crippen LogP contribution is 2.25. The predicted molar refractivity (Wildman–Crippen MR) is 61.2 cm³/mol. The predicted octanol–water partition coefficient (Wildman–Crippen LogP) is 1.70. The molecule has 1 atom stereocenters. The molecule has 0 saturated heterocycles. The van der Waals surface area contributed by atoms with E-state index in [1.165, 1.54) is 0 Å². The molecular weight excluding hydrogens is 263 g/mol. The van der Waals surface area contributed by atoms with E-state index in [2.05, 4.69) is 5.32 Å². The van der Waals surface area contributed by atoms with Crippen molar-refractivity contribution in [1.29, 1.82) is 0 Å². The van der Waals surface area contributed by atoms with Crippen molar-refractivity contribution in [2.45, 2.75) is 25.8 Å². The number of carbonyl (C=O) groups is 1. The van der Waals surface area contributed by atoms with Crippen LogP contribution in [0.15, 0.2) is 6.07 Å². The third-order valence-electron chi connectivity index (χ3n) is 2.68. The minimum Gasteiger partial charge on any atom is -0.503 e. The Kier molecular flexibility index (Phi) is 5.17. The average molecular weight is 277 g/mol. The number of phenols is 1. The van der Waals surface area contributed by atoms with Crippen LogP contribution in [0.5, 0.6) is 5.75 Å². The van der Waals surface area contributed by atoms with Crippen molar-refractivity contribution in [2.24, 2.45) is 0 Å². The molecule has 1 aromatic rings. The van der Waals surface area contributed by atoms with Gasteiger partial charge in [0.1, 0.15) is 0 Å². The first-order chi connectivity index (χ1) is 8.92. The topological polar surface area (TPSA) is 69.6 Å². The summed E-state index contributed by atoms with van der Waals surface area (Å²) in [7, 11) is 0. The van der Waals surface area contributed by atoms with E-state index in [9.17, 15) is 18.0 Å². The van der Waals surface area contributed by atoms with Crippen molar-refractivity contribution in [2.75, 3.05) is 6.61 Å². The fourth-order valence-electron chi connectivity index (χ4n) is 1.55. The van der Waals surface area contributed by atoms with Gasteiger partial charge >= 0.3 is 0 Å². The minimum atomic E-state index is -1.74. The molecule has 1 amide bonds. The lowest BCUT2D eigenvalue weighted by molar-refractivity contribution is 0.0923. The Morgan fingerprint density at radius 3 is 2.53 bits per heavy atom. The van der Waals surface area contributed by atoms with Gasteiger partial charge in [0, 0.05) is 12.6 Å². The van der Waals surface area contributed by atoms with Crippen LogP contribution in [0.3, 0.4) is 0 Å². The zero-order chi connectivity index (χ0) is 14.6. The van der Waals surface area contributed by atoms with Gasteiger partial charge in [-0.3, -0.25) is 4.79 Å². The van der Waals surface area contributed by atoms with Gasteiger partial charge in [0.15, 0.2) is 17.4 Å². The number of carbonyl (C=O) groups excluding carboxylic acids is 1. The van der Waals surface area contributed by atoms with Gasteiger partial charge in [-0.25, -0.2) is 8.78 Å². The number of rotatable bonds is 5. The summed E-state index contributed by atoms with van der Waals surface area (Å²) in [4.78, 5) is 11.7. The van der Waals surface area contributed by atoms with Gasteiger partial charge in [0.05, 0.1) is 5.56 Å². The molecule has 1 aromatic carbocycles.